The Hall–Kier alpha value is -1.84. The van der Waals surface area contributed by atoms with Gasteiger partial charge in [0.15, 0.2) is 0 Å². The van der Waals surface area contributed by atoms with E-state index in [0.717, 1.165) is 11.3 Å². The molecule has 4 nitrogen and oxygen atoms in total. The van der Waals surface area contributed by atoms with Crippen LogP contribution in [0, 0.1) is 6.92 Å². The lowest BCUT2D eigenvalue weighted by Crippen LogP contribution is -2.22. The Morgan fingerprint density at radius 3 is 2.71 bits per heavy atom. The molecular formula is C10H12N2O2. The van der Waals surface area contributed by atoms with Crippen molar-refractivity contribution in [2.45, 2.75) is 6.92 Å². The van der Waals surface area contributed by atoms with Crippen LogP contribution in [0.4, 0.5) is 5.69 Å². The third-order valence-corrected chi connectivity index (χ3v) is 1.96. The predicted molar refractivity (Wildman–Crippen MR) is 54.3 cm³/mol. The molecule has 4 heteroatoms. The summed E-state index contributed by atoms with van der Waals surface area (Å²) in [5, 5.41) is 5.03. The molecule has 0 saturated heterocycles. The highest BCUT2D eigenvalue weighted by molar-refractivity contribution is 6.04. The number of hydrogen-bond acceptors (Lipinski definition) is 3. The molecule has 0 atom stereocenters. The first-order valence-electron chi connectivity index (χ1n) is 4.22. The van der Waals surface area contributed by atoms with Gasteiger partial charge in [-0.25, -0.2) is 0 Å². The third kappa shape index (κ3) is 1.90. The van der Waals surface area contributed by atoms with Crippen LogP contribution in [0.2, 0.25) is 0 Å². The summed E-state index contributed by atoms with van der Waals surface area (Å²) in [5.74, 6) is -0.395. The minimum atomic E-state index is -0.395. The summed E-state index contributed by atoms with van der Waals surface area (Å²) in [7, 11) is 1.74. The molecule has 2 N–H and O–H groups in total. The van der Waals surface area contributed by atoms with Crippen molar-refractivity contribution in [2.75, 3.05) is 12.4 Å². The van der Waals surface area contributed by atoms with Gasteiger partial charge in [-0.05, 0) is 18.6 Å². The van der Waals surface area contributed by atoms with Gasteiger partial charge in [0.1, 0.15) is 0 Å². The Bertz CT molecular complexity index is 361. The number of carbonyl (C=O) groups is 2. The number of rotatable bonds is 3. The Kier molecular flexibility index (Phi) is 3.23. The van der Waals surface area contributed by atoms with Gasteiger partial charge in [0.05, 0.1) is 5.56 Å². The molecule has 1 aromatic carbocycles. The number of hydrogen-bond donors (Lipinski definition) is 2. The average molecular weight is 192 g/mol. The maximum Gasteiger partial charge on any atom is 0.259 e. The first-order valence-corrected chi connectivity index (χ1v) is 4.22. The summed E-state index contributed by atoms with van der Waals surface area (Å²) in [6.45, 7) is 1.89. The third-order valence-electron chi connectivity index (χ3n) is 1.96. The Morgan fingerprint density at radius 1 is 1.43 bits per heavy atom. The topological polar surface area (TPSA) is 58.2 Å². The first kappa shape index (κ1) is 10.2. The van der Waals surface area contributed by atoms with E-state index in [0.29, 0.717) is 12.0 Å². The number of imide groups is 1. The predicted octanol–water partition coefficient (Wildman–Crippen LogP) is 0.923. The Labute approximate surface area is 82.3 Å². The second-order valence-electron chi connectivity index (χ2n) is 2.84. The molecule has 0 spiro atoms. The number of benzene rings is 1. The fourth-order valence-electron chi connectivity index (χ4n) is 1.32. The van der Waals surface area contributed by atoms with Gasteiger partial charge in [-0.1, -0.05) is 12.1 Å². The van der Waals surface area contributed by atoms with Crippen molar-refractivity contribution in [1.82, 2.24) is 5.32 Å². The lowest BCUT2D eigenvalue weighted by molar-refractivity contribution is -0.108. The number of carbonyl (C=O) groups excluding carboxylic acids is 2. The quantitative estimate of drug-likeness (QED) is 0.700. The fourth-order valence-corrected chi connectivity index (χ4v) is 1.32. The monoisotopic (exact) mass is 192 g/mol. The van der Waals surface area contributed by atoms with Gasteiger partial charge >= 0.3 is 0 Å². The van der Waals surface area contributed by atoms with E-state index in [1.807, 2.05) is 13.0 Å². The number of amides is 2. The first-order chi connectivity index (χ1) is 6.70. The number of para-hydroxylation sites is 1. The van der Waals surface area contributed by atoms with Crippen LogP contribution in [0.25, 0.3) is 0 Å². The minimum Gasteiger partial charge on any atom is -0.387 e. The van der Waals surface area contributed by atoms with E-state index in [2.05, 4.69) is 10.6 Å². The number of anilines is 1. The smallest absolute Gasteiger partial charge is 0.259 e. The zero-order valence-electron chi connectivity index (χ0n) is 8.13. The van der Waals surface area contributed by atoms with E-state index in [9.17, 15) is 9.59 Å². The van der Waals surface area contributed by atoms with Gasteiger partial charge in [0.2, 0.25) is 6.41 Å². The minimum absolute atomic E-state index is 0.379. The lowest BCUT2D eigenvalue weighted by atomic mass is 10.1. The lowest BCUT2D eigenvalue weighted by Gasteiger charge is -2.09. The highest BCUT2D eigenvalue weighted by atomic mass is 16.2. The van der Waals surface area contributed by atoms with Crippen LogP contribution in [-0.4, -0.2) is 19.4 Å². The number of nitrogens with one attached hydrogen (secondary N) is 2. The second-order valence-corrected chi connectivity index (χ2v) is 2.84. The molecule has 0 heterocycles. The van der Waals surface area contributed by atoms with Crippen LogP contribution in [0.3, 0.4) is 0 Å². The van der Waals surface area contributed by atoms with Crippen molar-refractivity contribution in [2.24, 2.45) is 0 Å². The van der Waals surface area contributed by atoms with Crippen LogP contribution < -0.4 is 10.6 Å². The van der Waals surface area contributed by atoms with Crippen molar-refractivity contribution < 1.29 is 9.59 Å². The summed E-state index contributed by atoms with van der Waals surface area (Å²) in [6, 6.07) is 5.33. The zero-order chi connectivity index (χ0) is 10.6. The molecule has 0 unspecified atom stereocenters. The van der Waals surface area contributed by atoms with E-state index in [1.54, 1.807) is 19.2 Å². The molecule has 0 fully saturated rings. The van der Waals surface area contributed by atoms with E-state index < -0.39 is 5.91 Å². The molecule has 74 valence electrons. The molecule has 0 aliphatic heterocycles. The molecule has 0 aliphatic rings. The van der Waals surface area contributed by atoms with E-state index >= 15 is 0 Å². The summed E-state index contributed by atoms with van der Waals surface area (Å²) in [5.41, 5.74) is 2.18. The van der Waals surface area contributed by atoms with Gasteiger partial charge in [0.25, 0.3) is 5.91 Å². The molecule has 0 aromatic heterocycles. The van der Waals surface area contributed by atoms with Gasteiger partial charge in [-0.3, -0.25) is 14.9 Å². The van der Waals surface area contributed by atoms with E-state index in [4.69, 9.17) is 0 Å². The van der Waals surface area contributed by atoms with Crippen LogP contribution in [0.15, 0.2) is 18.2 Å². The Balaban J connectivity index is 3.13. The zero-order valence-corrected chi connectivity index (χ0v) is 8.13. The van der Waals surface area contributed by atoms with E-state index in [1.165, 1.54) is 0 Å². The molecule has 0 aliphatic carbocycles. The van der Waals surface area contributed by atoms with Crippen LogP contribution >= 0.6 is 0 Å². The van der Waals surface area contributed by atoms with Crippen LogP contribution in [-0.2, 0) is 4.79 Å². The van der Waals surface area contributed by atoms with Crippen molar-refractivity contribution in [3.05, 3.63) is 29.3 Å². The SMILES string of the molecule is CNc1c(C)cccc1C(=O)NC=O. The van der Waals surface area contributed by atoms with E-state index in [-0.39, 0.29) is 0 Å². The van der Waals surface area contributed by atoms with Crippen LogP contribution in [0.5, 0.6) is 0 Å². The summed E-state index contributed by atoms with van der Waals surface area (Å²) >= 11 is 0. The average Bonchev–Trinajstić information content (AvgIpc) is 2.17. The van der Waals surface area contributed by atoms with Crippen molar-refractivity contribution in [3.63, 3.8) is 0 Å². The summed E-state index contributed by atoms with van der Waals surface area (Å²) in [4.78, 5) is 21.5. The normalized spacial score (nSPS) is 9.29. The highest BCUT2D eigenvalue weighted by Gasteiger charge is 2.10. The molecular weight excluding hydrogens is 180 g/mol. The standard InChI is InChI=1S/C10H12N2O2/c1-7-4-3-5-8(9(7)11-2)10(14)12-6-13/h3-6,11H,1-2H3,(H,12,13,14). The second kappa shape index (κ2) is 4.41. The van der Waals surface area contributed by atoms with Gasteiger partial charge in [0, 0.05) is 12.7 Å². The van der Waals surface area contributed by atoms with Crippen molar-refractivity contribution in [3.8, 4) is 0 Å². The van der Waals surface area contributed by atoms with Gasteiger partial charge < -0.3 is 5.32 Å². The highest BCUT2D eigenvalue weighted by Crippen LogP contribution is 2.19. The molecule has 2 amide bonds. The van der Waals surface area contributed by atoms with Gasteiger partial charge in [-0.15, -0.1) is 0 Å². The maximum absolute atomic E-state index is 11.4. The van der Waals surface area contributed by atoms with Crippen LogP contribution in [0.1, 0.15) is 15.9 Å². The Morgan fingerprint density at radius 2 is 2.14 bits per heavy atom. The molecule has 14 heavy (non-hydrogen) atoms. The fraction of sp³-hybridized carbons (Fsp3) is 0.200. The largest absolute Gasteiger partial charge is 0.387 e. The summed E-state index contributed by atoms with van der Waals surface area (Å²) in [6.07, 6.45) is 0.379. The molecule has 0 radical (unpaired) electrons. The molecule has 1 aromatic rings. The molecule has 1 rings (SSSR count). The van der Waals surface area contributed by atoms with Gasteiger partial charge in [-0.2, -0.15) is 0 Å². The molecule has 0 saturated carbocycles. The van der Waals surface area contributed by atoms with Crippen molar-refractivity contribution >= 4 is 18.0 Å². The summed E-state index contributed by atoms with van der Waals surface area (Å²) < 4.78 is 0. The molecule has 0 bridgehead atoms. The number of aryl methyl sites for hydroxylation is 1. The van der Waals surface area contributed by atoms with Crippen molar-refractivity contribution in [1.29, 1.82) is 0 Å². The maximum atomic E-state index is 11.4.